The summed E-state index contributed by atoms with van der Waals surface area (Å²) >= 11 is 0. The van der Waals surface area contributed by atoms with Crippen LogP contribution in [0.1, 0.15) is 6.92 Å². The predicted molar refractivity (Wildman–Crippen MR) is 32.2 cm³/mol. The van der Waals surface area contributed by atoms with Crippen molar-refractivity contribution in [2.24, 2.45) is 5.92 Å². The van der Waals surface area contributed by atoms with Crippen LogP contribution in [0.15, 0.2) is 0 Å². The molecule has 0 aromatic rings. The van der Waals surface area contributed by atoms with Gasteiger partial charge in [-0.2, -0.15) is 0 Å². The maximum absolute atomic E-state index is 10.6. The Morgan fingerprint density at radius 1 is 1.70 bits per heavy atom. The van der Waals surface area contributed by atoms with Crippen LogP contribution in [0.2, 0.25) is 0 Å². The molecule has 0 amide bonds. The SMILES string of the molecule is CC(=O)[C@H]1[C@H](O)[C@@]1(O)CO. The van der Waals surface area contributed by atoms with E-state index in [4.69, 9.17) is 15.3 Å². The van der Waals surface area contributed by atoms with Crippen LogP contribution in [0.5, 0.6) is 0 Å². The van der Waals surface area contributed by atoms with Gasteiger partial charge in [-0.3, -0.25) is 4.79 Å². The molecule has 3 N–H and O–H groups in total. The maximum atomic E-state index is 10.6. The van der Waals surface area contributed by atoms with E-state index in [0.29, 0.717) is 0 Å². The standard InChI is InChI=1S/C6H10O4/c1-3(8)4-5(9)6(4,10)2-7/h4-5,7,9-10H,2H2,1H3/t4-,5-,6+/m0/s1. The molecule has 10 heavy (non-hydrogen) atoms. The summed E-state index contributed by atoms with van der Waals surface area (Å²) in [5.41, 5.74) is -1.55. The molecular formula is C6H10O4. The molecule has 3 atom stereocenters. The fourth-order valence-electron chi connectivity index (χ4n) is 1.17. The van der Waals surface area contributed by atoms with E-state index in [2.05, 4.69) is 0 Å². The first-order chi connectivity index (χ1) is 4.54. The van der Waals surface area contributed by atoms with Gasteiger partial charge in [-0.25, -0.2) is 0 Å². The second-order valence-corrected chi connectivity index (χ2v) is 2.68. The van der Waals surface area contributed by atoms with Crippen molar-refractivity contribution in [3.05, 3.63) is 0 Å². The van der Waals surface area contributed by atoms with E-state index in [-0.39, 0.29) is 5.78 Å². The van der Waals surface area contributed by atoms with Crippen LogP contribution in [0.4, 0.5) is 0 Å². The van der Waals surface area contributed by atoms with Crippen molar-refractivity contribution in [2.75, 3.05) is 6.61 Å². The Balaban J connectivity index is 2.64. The lowest BCUT2D eigenvalue weighted by molar-refractivity contribution is -0.120. The molecule has 58 valence electrons. The van der Waals surface area contributed by atoms with E-state index in [1.807, 2.05) is 0 Å². The van der Waals surface area contributed by atoms with E-state index in [1.165, 1.54) is 6.92 Å². The summed E-state index contributed by atoms with van der Waals surface area (Å²) in [7, 11) is 0. The number of aliphatic hydroxyl groups is 3. The molecule has 0 unspecified atom stereocenters. The lowest BCUT2D eigenvalue weighted by Gasteiger charge is -2.01. The molecule has 1 saturated carbocycles. The number of carbonyl (C=O) groups is 1. The summed E-state index contributed by atoms with van der Waals surface area (Å²) in [6.07, 6.45) is -1.07. The summed E-state index contributed by atoms with van der Waals surface area (Å²) in [6.45, 7) is 0.722. The van der Waals surface area contributed by atoms with Crippen LogP contribution >= 0.6 is 0 Å². The normalized spacial score (nSPS) is 45.2. The van der Waals surface area contributed by atoms with Gasteiger partial charge in [0.05, 0.1) is 18.6 Å². The minimum absolute atomic E-state index is 0.288. The molecule has 0 aromatic heterocycles. The lowest BCUT2D eigenvalue weighted by Crippen LogP contribution is -2.21. The molecule has 4 heteroatoms. The number of carbonyl (C=O) groups excluding carboxylic acids is 1. The summed E-state index contributed by atoms with van der Waals surface area (Å²) in [4.78, 5) is 10.6. The molecule has 1 rings (SSSR count). The zero-order valence-electron chi connectivity index (χ0n) is 5.61. The molecule has 4 nitrogen and oxygen atoms in total. The van der Waals surface area contributed by atoms with Crippen molar-refractivity contribution in [3.63, 3.8) is 0 Å². The maximum Gasteiger partial charge on any atom is 0.138 e. The van der Waals surface area contributed by atoms with Gasteiger partial charge in [-0.05, 0) is 6.92 Å². The third-order valence-electron chi connectivity index (χ3n) is 1.95. The summed E-state index contributed by atoms with van der Waals surface area (Å²) in [5, 5.41) is 26.5. The molecule has 1 aliphatic carbocycles. The minimum atomic E-state index is -1.55. The van der Waals surface area contributed by atoms with Gasteiger partial charge in [-0.1, -0.05) is 0 Å². The van der Waals surface area contributed by atoms with E-state index in [0.717, 1.165) is 0 Å². The highest BCUT2D eigenvalue weighted by Crippen LogP contribution is 2.43. The van der Waals surface area contributed by atoms with Crippen molar-refractivity contribution in [1.82, 2.24) is 0 Å². The van der Waals surface area contributed by atoms with E-state index in [9.17, 15) is 4.79 Å². The largest absolute Gasteiger partial charge is 0.393 e. The van der Waals surface area contributed by atoms with Gasteiger partial charge in [0.1, 0.15) is 11.4 Å². The van der Waals surface area contributed by atoms with Crippen LogP contribution in [0.3, 0.4) is 0 Å². The smallest absolute Gasteiger partial charge is 0.138 e. The monoisotopic (exact) mass is 146 g/mol. The quantitative estimate of drug-likeness (QED) is 0.433. The van der Waals surface area contributed by atoms with Crippen molar-refractivity contribution >= 4 is 5.78 Å². The first-order valence-electron chi connectivity index (χ1n) is 3.06. The first kappa shape index (κ1) is 7.65. The Kier molecular flexibility index (Phi) is 1.54. The van der Waals surface area contributed by atoms with Gasteiger partial charge < -0.3 is 15.3 Å². The average Bonchev–Trinajstić information content (AvgIpc) is 2.38. The Morgan fingerprint density at radius 3 is 2.30 bits per heavy atom. The summed E-state index contributed by atoms with van der Waals surface area (Å²) in [5.74, 6) is -1.07. The zero-order valence-corrected chi connectivity index (χ0v) is 5.61. The van der Waals surface area contributed by atoms with Gasteiger partial charge in [0.2, 0.25) is 0 Å². The topological polar surface area (TPSA) is 77.8 Å². The van der Waals surface area contributed by atoms with Crippen LogP contribution in [0.25, 0.3) is 0 Å². The Morgan fingerprint density at radius 2 is 2.20 bits per heavy atom. The van der Waals surface area contributed by atoms with Crippen molar-refractivity contribution in [2.45, 2.75) is 18.6 Å². The van der Waals surface area contributed by atoms with Gasteiger partial charge in [-0.15, -0.1) is 0 Å². The summed E-state index contributed by atoms with van der Waals surface area (Å²) in [6, 6.07) is 0. The molecule has 0 spiro atoms. The Hall–Kier alpha value is -0.450. The Bertz CT molecular complexity index is 167. The second kappa shape index (κ2) is 2.02. The third-order valence-corrected chi connectivity index (χ3v) is 1.95. The lowest BCUT2D eigenvalue weighted by atomic mass is 10.2. The van der Waals surface area contributed by atoms with E-state index in [1.54, 1.807) is 0 Å². The summed E-state index contributed by atoms with van der Waals surface area (Å²) < 4.78 is 0. The van der Waals surface area contributed by atoms with Crippen LogP contribution in [0, 0.1) is 5.92 Å². The predicted octanol–water partition coefficient (Wildman–Crippen LogP) is -1.71. The average molecular weight is 146 g/mol. The van der Waals surface area contributed by atoms with Crippen LogP contribution in [-0.4, -0.2) is 39.4 Å². The molecule has 0 saturated heterocycles. The molecule has 0 bridgehead atoms. The fourth-order valence-corrected chi connectivity index (χ4v) is 1.17. The number of hydrogen-bond donors (Lipinski definition) is 3. The number of aliphatic hydroxyl groups excluding tert-OH is 2. The molecule has 1 aliphatic rings. The molecular weight excluding hydrogens is 136 g/mol. The molecule has 0 aliphatic heterocycles. The van der Waals surface area contributed by atoms with Gasteiger partial charge in [0.25, 0.3) is 0 Å². The minimum Gasteiger partial charge on any atom is -0.393 e. The van der Waals surface area contributed by atoms with Gasteiger partial charge >= 0.3 is 0 Å². The molecule has 1 fully saturated rings. The third kappa shape index (κ3) is 0.767. The van der Waals surface area contributed by atoms with Crippen LogP contribution in [-0.2, 0) is 4.79 Å². The fraction of sp³-hybridized carbons (Fsp3) is 0.833. The number of rotatable bonds is 2. The highest BCUT2D eigenvalue weighted by atomic mass is 16.4. The highest BCUT2D eigenvalue weighted by Gasteiger charge is 2.66. The molecule has 0 radical (unpaired) electrons. The van der Waals surface area contributed by atoms with Gasteiger partial charge in [0, 0.05) is 0 Å². The van der Waals surface area contributed by atoms with Crippen molar-refractivity contribution < 1.29 is 20.1 Å². The van der Waals surface area contributed by atoms with E-state index < -0.39 is 24.2 Å². The second-order valence-electron chi connectivity index (χ2n) is 2.68. The Labute approximate surface area is 58.1 Å². The molecule has 0 aromatic carbocycles. The van der Waals surface area contributed by atoms with Gasteiger partial charge in [0.15, 0.2) is 0 Å². The van der Waals surface area contributed by atoms with Crippen molar-refractivity contribution in [3.8, 4) is 0 Å². The van der Waals surface area contributed by atoms with E-state index >= 15 is 0 Å². The molecule has 0 heterocycles. The first-order valence-corrected chi connectivity index (χ1v) is 3.06. The number of ketones is 1. The van der Waals surface area contributed by atoms with Crippen molar-refractivity contribution in [1.29, 1.82) is 0 Å². The highest BCUT2D eigenvalue weighted by molar-refractivity contribution is 5.84. The number of Topliss-reactive ketones (excluding diaryl/α,β-unsaturated/α-hetero) is 1. The van der Waals surface area contributed by atoms with Crippen LogP contribution < -0.4 is 0 Å². The zero-order chi connectivity index (χ0) is 7.94. The number of hydrogen-bond acceptors (Lipinski definition) is 4.